The molecule has 1 N–H and O–H groups in total. The lowest BCUT2D eigenvalue weighted by Crippen LogP contribution is -2.44. The van der Waals surface area contributed by atoms with Gasteiger partial charge in [0.1, 0.15) is 11.4 Å². The van der Waals surface area contributed by atoms with Gasteiger partial charge < -0.3 is 9.64 Å². The van der Waals surface area contributed by atoms with Crippen LogP contribution in [0.15, 0.2) is 30.5 Å². The van der Waals surface area contributed by atoms with Gasteiger partial charge in [-0.3, -0.25) is 5.32 Å². The molecule has 2 aliphatic rings. The molecule has 1 fully saturated rings. The molecule has 7 heteroatoms. The first-order valence-corrected chi connectivity index (χ1v) is 8.71. The molecule has 0 atom stereocenters. The van der Waals surface area contributed by atoms with E-state index < -0.39 is 5.60 Å². The van der Waals surface area contributed by atoms with E-state index in [9.17, 15) is 4.79 Å². The molecule has 0 unspecified atom stereocenters. The number of hydrogen-bond acceptors (Lipinski definition) is 4. The number of benzene rings is 1. The molecule has 0 bridgehead atoms. The van der Waals surface area contributed by atoms with Crippen LogP contribution in [0.2, 0.25) is 0 Å². The average molecular weight is 341 g/mol. The highest BCUT2D eigenvalue weighted by Crippen LogP contribution is 2.30. The zero-order chi connectivity index (χ0) is 17.4. The van der Waals surface area contributed by atoms with Gasteiger partial charge in [-0.25, -0.2) is 4.79 Å². The van der Waals surface area contributed by atoms with Crippen molar-refractivity contribution in [1.82, 2.24) is 19.9 Å². The Morgan fingerprint density at radius 3 is 2.96 bits per heavy atom. The predicted octanol–water partition coefficient (Wildman–Crippen LogP) is 2.89. The minimum atomic E-state index is -0.465. The molecule has 1 aliphatic carbocycles. The van der Waals surface area contributed by atoms with Crippen LogP contribution in [0.3, 0.4) is 0 Å². The first kappa shape index (κ1) is 15.9. The van der Waals surface area contributed by atoms with Crippen molar-refractivity contribution in [1.29, 1.82) is 0 Å². The molecule has 4 rings (SSSR count). The van der Waals surface area contributed by atoms with Crippen LogP contribution in [0, 0.1) is 5.92 Å². The highest BCUT2D eigenvalue weighted by Gasteiger charge is 2.31. The monoisotopic (exact) mass is 341 g/mol. The highest BCUT2D eigenvalue weighted by atomic mass is 16.5. The third-order valence-electron chi connectivity index (χ3n) is 4.47. The SMILES string of the molecule is CC1(C)CN(C(=O)Nc2cnn(CC3CC3)n2)Cc2ccccc2O1. The summed E-state index contributed by atoms with van der Waals surface area (Å²) in [5.74, 6) is 2.01. The Balaban J connectivity index is 1.47. The molecule has 1 saturated carbocycles. The van der Waals surface area contributed by atoms with E-state index in [4.69, 9.17) is 4.74 Å². The molecule has 7 nitrogen and oxygen atoms in total. The molecule has 2 heterocycles. The smallest absolute Gasteiger partial charge is 0.323 e. The van der Waals surface area contributed by atoms with E-state index in [0.717, 1.165) is 17.9 Å². The zero-order valence-electron chi connectivity index (χ0n) is 14.6. The maximum Gasteiger partial charge on any atom is 0.323 e. The normalized spacial score (nSPS) is 18.9. The summed E-state index contributed by atoms with van der Waals surface area (Å²) in [6, 6.07) is 7.65. The number of nitrogens with zero attached hydrogens (tertiary/aromatic N) is 4. The number of carbonyl (C=O) groups is 1. The molecule has 1 aliphatic heterocycles. The fourth-order valence-corrected chi connectivity index (χ4v) is 3.09. The minimum Gasteiger partial charge on any atom is -0.486 e. The van der Waals surface area contributed by atoms with Crippen LogP contribution in [0.5, 0.6) is 5.75 Å². The van der Waals surface area contributed by atoms with Gasteiger partial charge >= 0.3 is 6.03 Å². The number of carbonyl (C=O) groups excluding carboxylic acids is 1. The van der Waals surface area contributed by atoms with Crippen molar-refractivity contribution in [3.05, 3.63) is 36.0 Å². The maximum atomic E-state index is 12.7. The van der Waals surface area contributed by atoms with Gasteiger partial charge in [0.05, 0.1) is 25.8 Å². The predicted molar refractivity (Wildman–Crippen MR) is 93.3 cm³/mol. The fraction of sp³-hybridized carbons (Fsp3) is 0.500. The van der Waals surface area contributed by atoms with E-state index in [1.54, 1.807) is 15.9 Å². The maximum absolute atomic E-state index is 12.7. The Bertz CT molecular complexity index is 781. The van der Waals surface area contributed by atoms with E-state index in [-0.39, 0.29) is 6.03 Å². The van der Waals surface area contributed by atoms with Gasteiger partial charge in [-0.15, -0.1) is 5.10 Å². The number of para-hydroxylation sites is 1. The van der Waals surface area contributed by atoms with Gasteiger partial charge in [-0.2, -0.15) is 9.90 Å². The summed E-state index contributed by atoms with van der Waals surface area (Å²) in [7, 11) is 0. The second kappa shape index (κ2) is 6.06. The van der Waals surface area contributed by atoms with Crippen LogP contribution in [-0.2, 0) is 13.1 Å². The summed E-state index contributed by atoms with van der Waals surface area (Å²) < 4.78 is 6.08. The summed E-state index contributed by atoms with van der Waals surface area (Å²) in [4.78, 5) is 16.2. The number of ether oxygens (including phenoxy) is 1. The fourth-order valence-electron chi connectivity index (χ4n) is 3.09. The third kappa shape index (κ3) is 3.75. The van der Waals surface area contributed by atoms with Crippen LogP contribution in [-0.4, -0.2) is 38.1 Å². The second-order valence-corrected chi connectivity index (χ2v) is 7.48. The number of nitrogens with one attached hydrogen (secondary N) is 1. The van der Waals surface area contributed by atoms with Crippen molar-refractivity contribution >= 4 is 11.8 Å². The van der Waals surface area contributed by atoms with E-state index in [0.29, 0.717) is 24.8 Å². The molecule has 25 heavy (non-hydrogen) atoms. The minimum absolute atomic E-state index is 0.188. The van der Waals surface area contributed by atoms with Gasteiger partial charge in [0.15, 0.2) is 5.82 Å². The Kier molecular flexibility index (Phi) is 3.86. The largest absolute Gasteiger partial charge is 0.486 e. The van der Waals surface area contributed by atoms with Crippen LogP contribution in [0.4, 0.5) is 10.6 Å². The molecule has 0 saturated heterocycles. The van der Waals surface area contributed by atoms with Gasteiger partial charge in [-0.05, 0) is 38.7 Å². The first-order valence-electron chi connectivity index (χ1n) is 8.71. The molecule has 0 spiro atoms. The van der Waals surface area contributed by atoms with E-state index in [2.05, 4.69) is 15.5 Å². The topological polar surface area (TPSA) is 72.3 Å². The second-order valence-electron chi connectivity index (χ2n) is 7.48. The Labute approximate surface area is 147 Å². The average Bonchev–Trinajstić information content (AvgIpc) is 3.28. The van der Waals surface area contributed by atoms with Gasteiger partial charge in [-0.1, -0.05) is 18.2 Å². The molecule has 2 amide bonds. The highest BCUT2D eigenvalue weighted by molar-refractivity contribution is 5.88. The van der Waals surface area contributed by atoms with Gasteiger partial charge in [0.2, 0.25) is 0 Å². The van der Waals surface area contributed by atoms with Gasteiger partial charge in [0, 0.05) is 5.56 Å². The quantitative estimate of drug-likeness (QED) is 0.932. The lowest BCUT2D eigenvalue weighted by molar-refractivity contribution is 0.0834. The Morgan fingerprint density at radius 1 is 1.36 bits per heavy atom. The number of fused-ring (bicyclic) bond motifs is 1. The zero-order valence-corrected chi connectivity index (χ0v) is 14.6. The van der Waals surface area contributed by atoms with E-state index >= 15 is 0 Å². The molecule has 2 aromatic rings. The molecule has 1 aromatic carbocycles. The molecule has 0 radical (unpaired) electrons. The van der Waals surface area contributed by atoms with Crippen LogP contribution < -0.4 is 10.1 Å². The number of urea groups is 1. The molecular formula is C18H23N5O2. The summed E-state index contributed by atoms with van der Waals surface area (Å²) >= 11 is 0. The molecule has 1 aromatic heterocycles. The third-order valence-corrected chi connectivity index (χ3v) is 4.47. The van der Waals surface area contributed by atoms with Crippen molar-refractivity contribution < 1.29 is 9.53 Å². The van der Waals surface area contributed by atoms with Crippen molar-refractivity contribution in [3.8, 4) is 5.75 Å². The van der Waals surface area contributed by atoms with Crippen molar-refractivity contribution in [2.75, 3.05) is 11.9 Å². The Hall–Kier alpha value is -2.57. The van der Waals surface area contributed by atoms with E-state index in [1.807, 2.05) is 38.1 Å². The number of rotatable bonds is 3. The number of hydrogen-bond donors (Lipinski definition) is 1. The first-order chi connectivity index (χ1) is 12.0. The van der Waals surface area contributed by atoms with Crippen molar-refractivity contribution in [2.45, 2.75) is 45.4 Å². The summed E-state index contributed by atoms with van der Waals surface area (Å²) in [5.41, 5.74) is 0.536. The summed E-state index contributed by atoms with van der Waals surface area (Å²) in [6.07, 6.45) is 4.09. The number of amides is 2. The Morgan fingerprint density at radius 2 is 2.16 bits per heavy atom. The number of anilines is 1. The van der Waals surface area contributed by atoms with E-state index in [1.165, 1.54) is 12.8 Å². The molecule has 132 valence electrons. The lowest BCUT2D eigenvalue weighted by atomic mass is 10.1. The summed E-state index contributed by atoms with van der Waals surface area (Å²) in [5, 5.41) is 11.4. The van der Waals surface area contributed by atoms with Crippen molar-refractivity contribution in [2.24, 2.45) is 5.92 Å². The summed E-state index contributed by atoms with van der Waals surface area (Å²) in [6.45, 7) is 5.79. The van der Waals surface area contributed by atoms with Crippen LogP contribution in [0.1, 0.15) is 32.3 Å². The number of aromatic nitrogens is 3. The van der Waals surface area contributed by atoms with Gasteiger partial charge in [0.25, 0.3) is 0 Å². The standard InChI is InChI=1S/C18H23N5O2/c1-18(2)12-22(11-14-5-3-4-6-15(14)25-18)17(24)20-16-9-19-23(21-16)10-13-7-8-13/h3-6,9,13H,7-8,10-12H2,1-2H3,(H,20,21,24). The lowest BCUT2D eigenvalue weighted by Gasteiger charge is -2.29. The van der Waals surface area contributed by atoms with Crippen LogP contribution >= 0.6 is 0 Å². The molecular weight excluding hydrogens is 318 g/mol. The van der Waals surface area contributed by atoms with Crippen molar-refractivity contribution in [3.63, 3.8) is 0 Å². The van der Waals surface area contributed by atoms with Crippen LogP contribution in [0.25, 0.3) is 0 Å².